The Morgan fingerprint density at radius 3 is 2.50 bits per heavy atom. The van der Waals surface area contributed by atoms with Crippen molar-refractivity contribution in [2.45, 2.75) is 51.3 Å². The molecule has 120 valence electrons. The molecule has 3 aliphatic carbocycles. The lowest BCUT2D eigenvalue weighted by molar-refractivity contribution is -0.199. The van der Waals surface area contributed by atoms with Gasteiger partial charge in [0.1, 0.15) is 0 Å². The van der Waals surface area contributed by atoms with Crippen LogP contribution in [0.15, 0.2) is 30.3 Å². The van der Waals surface area contributed by atoms with E-state index in [9.17, 15) is 0 Å². The summed E-state index contributed by atoms with van der Waals surface area (Å²) in [7, 11) is -0.322. The number of hydrogen-bond acceptors (Lipinski definition) is 3. The van der Waals surface area contributed by atoms with Crippen molar-refractivity contribution in [1.82, 2.24) is 0 Å². The average molecular weight is 322 g/mol. The minimum absolute atomic E-state index is 0. The Morgan fingerprint density at radius 1 is 1.18 bits per heavy atom. The van der Waals surface area contributed by atoms with Crippen LogP contribution in [-0.2, 0) is 9.31 Å². The van der Waals surface area contributed by atoms with Crippen LogP contribution in [0.4, 0.5) is 0 Å². The number of nitrogens with two attached hydrogens (primary N) is 1. The van der Waals surface area contributed by atoms with Gasteiger partial charge in [-0.25, -0.2) is 0 Å². The highest BCUT2D eigenvalue weighted by Gasteiger charge is 2.68. The van der Waals surface area contributed by atoms with Crippen molar-refractivity contribution in [1.29, 1.82) is 0 Å². The molecule has 1 heterocycles. The first kappa shape index (κ1) is 16.3. The van der Waals surface area contributed by atoms with E-state index in [0.29, 0.717) is 11.3 Å². The summed E-state index contributed by atoms with van der Waals surface area (Å²) in [6.45, 7) is 6.99. The molecule has 2 N–H and O–H groups in total. The standard InChI is InChI=1S/C17H24BNO2.ClH/c1-16(2)12-9-13(16)17(3)14(10-12)20-18(21-17)15(19)11-7-5-4-6-8-11;/h4-8,12-15H,9-10,19H2,1-3H3;1H/t12?,13?,14?,15?,17-;/m0./s1. The predicted molar refractivity (Wildman–Crippen MR) is 90.7 cm³/mol. The van der Waals surface area contributed by atoms with E-state index in [-0.39, 0.29) is 37.2 Å². The van der Waals surface area contributed by atoms with Crippen LogP contribution in [0.2, 0.25) is 0 Å². The van der Waals surface area contributed by atoms with Gasteiger partial charge in [0.15, 0.2) is 0 Å². The zero-order valence-corrected chi connectivity index (χ0v) is 14.3. The van der Waals surface area contributed by atoms with Gasteiger partial charge in [0.25, 0.3) is 0 Å². The van der Waals surface area contributed by atoms with E-state index in [1.54, 1.807) is 0 Å². The molecule has 0 spiro atoms. The summed E-state index contributed by atoms with van der Waals surface area (Å²) in [6, 6.07) is 10.1. The van der Waals surface area contributed by atoms with Gasteiger partial charge in [0.05, 0.1) is 17.6 Å². The number of benzene rings is 1. The molecule has 1 aromatic rings. The van der Waals surface area contributed by atoms with Crippen LogP contribution in [0.25, 0.3) is 0 Å². The molecule has 5 atom stereocenters. The molecule has 5 rings (SSSR count). The van der Waals surface area contributed by atoms with Crippen molar-refractivity contribution in [3.8, 4) is 0 Å². The molecule has 1 aliphatic heterocycles. The van der Waals surface area contributed by atoms with Gasteiger partial charge in [-0.3, -0.25) is 0 Å². The highest BCUT2D eigenvalue weighted by molar-refractivity contribution is 6.47. The van der Waals surface area contributed by atoms with Crippen LogP contribution in [0.1, 0.15) is 45.1 Å². The molecule has 0 radical (unpaired) electrons. The second-order valence-corrected chi connectivity index (χ2v) is 7.77. The van der Waals surface area contributed by atoms with Gasteiger partial charge in [-0.15, -0.1) is 12.4 Å². The van der Waals surface area contributed by atoms with Gasteiger partial charge >= 0.3 is 7.12 Å². The molecule has 3 nitrogen and oxygen atoms in total. The van der Waals surface area contributed by atoms with E-state index >= 15 is 0 Å². The van der Waals surface area contributed by atoms with Crippen LogP contribution < -0.4 is 5.73 Å². The molecule has 4 fully saturated rings. The van der Waals surface area contributed by atoms with E-state index in [1.165, 1.54) is 6.42 Å². The molecule has 2 bridgehead atoms. The van der Waals surface area contributed by atoms with Crippen LogP contribution in [0.3, 0.4) is 0 Å². The molecule has 22 heavy (non-hydrogen) atoms. The molecule has 0 amide bonds. The van der Waals surface area contributed by atoms with Crippen molar-refractivity contribution in [2.24, 2.45) is 23.0 Å². The second-order valence-electron chi connectivity index (χ2n) is 7.77. The zero-order valence-electron chi connectivity index (χ0n) is 13.5. The fraction of sp³-hybridized carbons (Fsp3) is 0.647. The third-order valence-corrected chi connectivity index (χ3v) is 6.45. The lowest BCUT2D eigenvalue weighted by Crippen LogP contribution is -2.65. The van der Waals surface area contributed by atoms with Crippen molar-refractivity contribution < 1.29 is 9.31 Å². The number of halogens is 1. The highest BCUT2D eigenvalue weighted by Crippen LogP contribution is 2.65. The fourth-order valence-corrected chi connectivity index (χ4v) is 4.88. The van der Waals surface area contributed by atoms with E-state index in [2.05, 4.69) is 20.8 Å². The first-order valence-corrected chi connectivity index (χ1v) is 8.06. The summed E-state index contributed by atoms with van der Waals surface area (Å²) in [5.41, 5.74) is 7.67. The van der Waals surface area contributed by atoms with E-state index in [0.717, 1.165) is 17.9 Å². The summed E-state index contributed by atoms with van der Waals surface area (Å²) in [5, 5.41) is 0. The maximum absolute atomic E-state index is 6.41. The number of hydrogen-bond donors (Lipinski definition) is 1. The van der Waals surface area contributed by atoms with Crippen molar-refractivity contribution in [3.05, 3.63) is 35.9 Å². The van der Waals surface area contributed by atoms with E-state index in [4.69, 9.17) is 15.0 Å². The highest BCUT2D eigenvalue weighted by atomic mass is 35.5. The van der Waals surface area contributed by atoms with Crippen molar-refractivity contribution >= 4 is 19.5 Å². The Bertz CT molecular complexity index is 555. The van der Waals surface area contributed by atoms with Crippen molar-refractivity contribution in [3.63, 3.8) is 0 Å². The lowest BCUT2D eigenvalue weighted by atomic mass is 9.43. The third kappa shape index (κ3) is 2.08. The van der Waals surface area contributed by atoms with Gasteiger partial charge in [-0.05, 0) is 42.6 Å². The van der Waals surface area contributed by atoms with E-state index in [1.807, 2.05) is 30.3 Å². The first-order valence-electron chi connectivity index (χ1n) is 8.06. The predicted octanol–water partition coefficient (Wildman–Crippen LogP) is 3.38. The average Bonchev–Trinajstić information content (AvgIpc) is 2.84. The molecule has 0 aromatic heterocycles. The Kier molecular flexibility index (Phi) is 3.88. The lowest BCUT2D eigenvalue weighted by Gasteiger charge is -2.64. The molecule has 5 heteroatoms. The SMILES string of the molecule is CC1(C)C2CC3OB(C(N)c4ccccc4)O[C@@]3(C)C1C2.Cl. The maximum atomic E-state index is 6.41. The molecule has 1 aromatic carbocycles. The van der Waals surface area contributed by atoms with Gasteiger partial charge in [0, 0.05) is 0 Å². The molecule has 1 saturated heterocycles. The normalized spacial score (nSPS) is 39.5. The summed E-state index contributed by atoms with van der Waals surface area (Å²) < 4.78 is 12.6. The maximum Gasteiger partial charge on any atom is 0.480 e. The fourth-order valence-electron chi connectivity index (χ4n) is 4.88. The third-order valence-electron chi connectivity index (χ3n) is 6.45. The van der Waals surface area contributed by atoms with Crippen LogP contribution in [0, 0.1) is 17.3 Å². The van der Waals surface area contributed by atoms with Gasteiger partial charge in [-0.2, -0.15) is 0 Å². The van der Waals surface area contributed by atoms with Gasteiger partial charge < -0.3 is 15.0 Å². The summed E-state index contributed by atoms with van der Waals surface area (Å²) in [5.74, 6) is 1.14. The smallest absolute Gasteiger partial charge is 0.404 e. The molecule has 4 aliphatic rings. The van der Waals surface area contributed by atoms with Crippen LogP contribution >= 0.6 is 12.4 Å². The first-order chi connectivity index (χ1) is 9.93. The molecule has 4 unspecified atom stereocenters. The molecular weight excluding hydrogens is 296 g/mol. The summed E-state index contributed by atoms with van der Waals surface area (Å²) in [4.78, 5) is 0. The number of rotatable bonds is 2. The Labute approximate surface area is 139 Å². The second kappa shape index (κ2) is 5.24. The quantitative estimate of drug-likeness (QED) is 0.849. The van der Waals surface area contributed by atoms with Crippen molar-refractivity contribution in [2.75, 3.05) is 0 Å². The Hall–Kier alpha value is -0.545. The van der Waals surface area contributed by atoms with Gasteiger partial charge in [0.2, 0.25) is 0 Å². The summed E-state index contributed by atoms with van der Waals surface area (Å²) >= 11 is 0. The Balaban J connectivity index is 0.00000144. The monoisotopic (exact) mass is 321 g/mol. The van der Waals surface area contributed by atoms with Crippen LogP contribution in [0.5, 0.6) is 0 Å². The minimum atomic E-state index is -0.322. The molecular formula is C17H25BClNO2. The molecule has 3 saturated carbocycles. The van der Waals surface area contributed by atoms with E-state index < -0.39 is 0 Å². The zero-order chi connectivity index (χ0) is 14.8. The minimum Gasteiger partial charge on any atom is -0.404 e. The van der Waals surface area contributed by atoms with Gasteiger partial charge in [-0.1, -0.05) is 44.2 Å². The largest absolute Gasteiger partial charge is 0.480 e. The van der Waals surface area contributed by atoms with Crippen LogP contribution in [-0.4, -0.2) is 18.8 Å². The topological polar surface area (TPSA) is 44.5 Å². The Morgan fingerprint density at radius 2 is 1.86 bits per heavy atom. The summed E-state index contributed by atoms with van der Waals surface area (Å²) in [6.07, 6.45) is 2.59.